The Morgan fingerprint density at radius 3 is 2.62 bits per heavy atom. The van der Waals surface area contributed by atoms with Crippen molar-refractivity contribution < 1.29 is 4.79 Å². The maximum atomic E-state index is 10.8. The fourth-order valence-electron chi connectivity index (χ4n) is 2.51. The van der Waals surface area contributed by atoms with Gasteiger partial charge in [-0.3, -0.25) is 4.79 Å². The number of aldehydes is 1. The van der Waals surface area contributed by atoms with Crippen molar-refractivity contribution in [2.45, 2.75) is 0 Å². The number of rotatable bonds is 2. The first-order chi connectivity index (χ1) is 12.7. The van der Waals surface area contributed by atoms with E-state index in [-0.39, 0.29) is 0 Å². The van der Waals surface area contributed by atoms with Crippen molar-refractivity contribution in [1.29, 1.82) is 0 Å². The van der Waals surface area contributed by atoms with E-state index in [4.69, 9.17) is 5.73 Å². The molecule has 6 heteroatoms. The molecule has 4 rings (SSSR count). The normalized spacial score (nSPS) is 10.3. The Morgan fingerprint density at radius 1 is 1.00 bits per heavy atom. The number of fused-ring (bicyclic) bond motifs is 1. The maximum absolute atomic E-state index is 10.8. The van der Waals surface area contributed by atoms with Gasteiger partial charge in [0.05, 0.1) is 11.9 Å². The number of hydrogen-bond donors (Lipinski definition) is 1. The van der Waals surface area contributed by atoms with Crippen LogP contribution in [0.25, 0.3) is 16.9 Å². The summed E-state index contributed by atoms with van der Waals surface area (Å²) in [7, 11) is 0. The third-order valence-corrected chi connectivity index (χ3v) is 3.82. The number of imidazole rings is 1. The van der Waals surface area contributed by atoms with E-state index in [1.165, 1.54) is 0 Å². The minimum Gasteiger partial charge on any atom is -0.384 e. The molecule has 0 atom stereocenters. The first-order valence-corrected chi connectivity index (χ1v) is 7.87. The topological polar surface area (TPSA) is 86.2 Å². The number of nitrogens with zero attached hydrogens (tertiary/aromatic N) is 4. The minimum atomic E-state index is 0.425. The molecule has 0 aliphatic carbocycles. The summed E-state index contributed by atoms with van der Waals surface area (Å²) in [6, 6.07) is 14.5. The number of pyridine rings is 1. The van der Waals surface area contributed by atoms with E-state index in [0.717, 1.165) is 23.1 Å². The lowest BCUT2D eigenvalue weighted by Crippen LogP contribution is -1.97. The summed E-state index contributed by atoms with van der Waals surface area (Å²) >= 11 is 0. The summed E-state index contributed by atoms with van der Waals surface area (Å²) in [5, 5.41) is 4.62. The average molecular weight is 339 g/mol. The zero-order valence-electron chi connectivity index (χ0n) is 13.6. The molecular weight excluding hydrogens is 326 g/mol. The van der Waals surface area contributed by atoms with Crippen LogP contribution < -0.4 is 5.73 Å². The highest BCUT2D eigenvalue weighted by Crippen LogP contribution is 2.18. The van der Waals surface area contributed by atoms with Crippen molar-refractivity contribution >= 4 is 17.8 Å². The molecule has 2 N–H and O–H groups in total. The Morgan fingerprint density at radius 2 is 1.85 bits per heavy atom. The third kappa shape index (κ3) is 3.01. The van der Waals surface area contributed by atoms with Gasteiger partial charge in [0, 0.05) is 22.9 Å². The zero-order chi connectivity index (χ0) is 17.9. The van der Waals surface area contributed by atoms with Crippen molar-refractivity contribution in [3.8, 4) is 23.1 Å². The molecule has 0 amide bonds. The molecule has 0 radical (unpaired) electrons. The second kappa shape index (κ2) is 6.49. The third-order valence-electron chi connectivity index (χ3n) is 3.82. The van der Waals surface area contributed by atoms with E-state index in [1.54, 1.807) is 41.2 Å². The second-order valence-corrected chi connectivity index (χ2v) is 5.59. The molecule has 0 aliphatic rings. The lowest BCUT2D eigenvalue weighted by Gasteiger charge is -2.02. The van der Waals surface area contributed by atoms with Gasteiger partial charge in [-0.2, -0.15) is 5.10 Å². The van der Waals surface area contributed by atoms with Crippen molar-refractivity contribution in [1.82, 2.24) is 19.6 Å². The number of anilines is 1. The number of aromatic nitrogens is 4. The van der Waals surface area contributed by atoms with E-state index < -0.39 is 0 Å². The lowest BCUT2D eigenvalue weighted by molar-refractivity contribution is 0.112. The molecule has 0 saturated carbocycles. The van der Waals surface area contributed by atoms with Crippen molar-refractivity contribution in [2.75, 3.05) is 5.73 Å². The molecule has 0 saturated heterocycles. The van der Waals surface area contributed by atoms with Gasteiger partial charge in [0.2, 0.25) is 0 Å². The fourth-order valence-corrected chi connectivity index (χ4v) is 2.51. The Kier molecular flexibility index (Phi) is 3.88. The molecule has 0 aliphatic heterocycles. The molecule has 1 aromatic carbocycles. The van der Waals surface area contributed by atoms with Gasteiger partial charge in [0.25, 0.3) is 0 Å². The number of nitrogens with two attached hydrogens (primary N) is 1. The molecule has 124 valence electrons. The summed E-state index contributed by atoms with van der Waals surface area (Å²) in [5.41, 5.74) is 10.1. The standard InChI is InChI=1S/C20H13N5O/c21-19-11-14(9-10-22-19)3-6-17-12-23-20-8-7-18(24-25(17)20)16-4-1-15(13-26)2-5-16/h1-2,4-5,7-13H,(H2,21,22). The van der Waals surface area contributed by atoms with E-state index in [2.05, 4.69) is 26.9 Å². The Hall–Kier alpha value is -3.98. The van der Waals surface area contributed by atoms with Gasteiger partial charge < -0.3 is 5.73 Å². The number of benzene rings is 1. The van der Waals surface area contributed by atoms with Gasteiger partial charge in [-0.05, 0) is 30.2 Å². The summed E-state index contributed by atoms with van der Waals surface area (Å²) in [4.78, 5) is 19.1. The number of hydrogen-bond acceptors (Lipinski definition) is 5. The van der Waals surface area contributed by atoms with E-state index >= 15 is 0 Å². The van der Waals surface area contributed by atoms with Crippen LogP contribution in [-0.2, 0) is 0 Å². The first kappa shape index (κ1) is 15.5. The summed E-state index contributed by atoms with van der Waals surface area (Å²) in [5.74, 6) is 6.54. The van der Waals surface area contributed by atoms with Gasteiger partial charge in [-0.15, -0.1) is 0 Å². The van der Waals surface area contributed by atoms with E-state index in [0.29, 0.717) is 22.7 Å². The Bertz CT molecular complexity index is 1170. The molecule has 6 nitrogen and oxygen atoms in total. The molecule has 4 aromatic rings. The van der Waals surface area contributed by atoms with Crippen molar-refractivity contribution in [3.05, 3.63) is 77.7 Å². The predicted octanol–water partition coefficient (Wildman–Crippen LogP) is 2.59. The van der Waals surface area contributed by atoms with Gasteiger partial charge in [0.1, 0.15) is 17.8 Å². The summed E-state index contributed by atoms with van der Waals surface area (Å²) < 4.78 is 1.69. The minimum absolute atomic E-state index is 0.425. The molecule has 3 heterocycles. The summed E-state index contributed by atoms with van der Waals surface area (Å²) in [6.07, 6.45) is 4.11. The quantitative estimate of drug-likeness (QED) is 0.448. The highest BCUT2D eigenvalue weighted by Gasteiger charge is 2.06. The van der Waals surface area contributed by atoms with Crippen LogP contribution in [0, 0.1) is 11.8 Å². The fraction of sp³-hybridized carbons (Fsp3) is 0. The van der Waals surface area contributed by atoms with Crippen LogP contribution in [0.2, 0.25) is 0 Å². The van der Waals surface area contributed by atoms with Crippen LogP contribution in [0.5, 0.6) is 0 Å². The van der Waals surface area contributed by atoms with E-state index in [1.807, 2.05) is 24.3 Å². The van der Waals surface area contributed by atoms with Crippen LogP contribution in [0.4, 0.5) is 5.82 Å². The lowest BCUT2D eigenvalue weighted by atomic mass is 10.1. The van der Waals surface area contributed by atoms with Crippen LogP contribution in [0.3, 0.4) is 0 Å². The molecule has 0 unspecified atom stereocenters. The van der Waals surface area contributed by atoms with Gasteiger partial charge in [-0.1, -0.05) is 30.2 Å². The van der Waals surface area contributed by atoms with Crippen LogP contribution >= 0.6 is 0 Å². The van der Waals surface area contributed by atoms with Gasteiger partial charge in [-0.25, -0.2) is 14.5 Å². The smallest absolute Gasteiger partial charge is 0.154 e. The van der Waals surface area contributed by atoms with Gasteiger partial charge >= 0.3 is 0 Å². The SMILES string of the molecule is Nc1cc(C#Cc2cnc3ccc(-c4ccc(C=O)cc4)nn23)ccn1. The second-order valence-electron chi connectivity index (χ2n) is 5.59. The average Bonchev–Trinajstić information content (AvgIpc) is 3.09. The molecular formula is C20H13N5O. The number of carbonyl (C=O) groups is 1. The Balaban J connectivity index is 1.74. The predicted molar refractivity (Wildman–Crippen MR) is 98.4 cm³/mol. The van der Waals surface area contributed by atoms with Crippen LogP contribution in [0.15, 0.2) is 60.9 Å². The van der Waals surface area contributed by atoms with Crippen molar-refractivity contribution in [3.63, 3.8) is 0 Å². The molecule has 3 aromatic heterocycles. The zero-order valence-corrected chi connectivity index (χ0v) is 13.6. The van der Waals surface area contributed by atoms with Crippen LogP contribution in [-0.4, -0.2) is 25.9 Å². The Labute approximate surface area is 149 Å². The molecule has 0 bridgehead atoms. The monoisotopic (exact) mass is 339 g/mol. The number of nitrogen functional groups attached to an aromatic ring is 1. The highest BCUT2D eigenvalue weighted by atomic mass is 16.1. The first-order valence-electron chi connectivity index (χ1n) is 7.87. The molecule has 0 spiro atoms. The molecule has 0 fully saturated rings. The van der Waals surface area contributed by atoms with Gasteiger partial charge in [0.15, 0.2) is 5.65 Å². The van der Waals surface area contributed by atoms with Crippen LogP contribution in [0.1, 0.15) is 21.6 Å². The maximum Gasteiger partial charge on any atom is 0.154 e. The van der Waals surface area contributed by atoms with Crippen molar-refractivity contribution in [2.24, 2.45) is 0 Å². The summed E-state index contributed by atoms with van der Waals surface area (Å²) in [6.45, 7) is 0. The highest BCUT2D eigenvalue weighted by molar-refractivity contribution is 5.76. The molecule has 26 heavy (non-hydrogen) atoms. The largest absolute Gasteiger partial charge is 0.384 e. The van der Waals surface area contributed by atoms with E-state index in [9.17, 15) is 4.79 Å². The number of carbonyl (C=O) groups excluding carboxylic acids is 1.